The normalized spacial score (nSPS) is 12.8. The maximum Gasteiger partial charge on any atom is 0.338 e. The Morgan fingerprint density at radius 3 is 2.79 bits per heavy atom. The summed E-state index contributed by atoms with van der Waals surface area (Å²) in [6.45, 7) is 3.48. The summed E-state index contributed by atoms with van der Waals surface area (Å²) in [5.41, 5.74) is 0.365. The second-order valence-corrected chi connectivity index (χ2v) is 3.61. The lowest BCUT2D eigenvalue weighted by Gasteiger charge is -2.03. The van der Waals surface area contributed by atoms with Crippen molar-refractivity contribution in [3.8, 4) is 0 Å². The van der Waals surface area contributed by atoms with Crippen molar-refractivity contribution in [3.63, 3.8) is 0 Å². The summed E-state index contributed by atoms with van der Waals surface area (Å²) >= 11 is 0. The van der Waals surface area contributed by atoms with Gasteiger partial charge < -0.3 is 9.52 Å². The first-order valence-electron chi connectivity index (χ1n) is 4.87. The lowest BCUT2D eigenvalue weighted by Crippen LogP contribution is -2.05. The van der Waals surface area contributed by atoms with Crippen molar-refractivity contribution >= 4 is 0 Å². The molecule has 1 N–H and O–H groups in total. The van der Waals surface area contributed by atoms with E-state index in [1.165, 1.54) is 0 Å². The molecule has 0 saturated heterocycles. The highest BCUT2D eigenvalue weighted by Crippen LogP contribution is 2.05. The van der Waals surface area contributed by atoms with Gasteiger partial charge in [-0.1, -0.05) is 0 Å². The van der Waals surface area contributed by atoms with Gasteiger partial charge in [0, 0.05) is 12.0 Å². The SMILES string of the molecule is Cc1ccc(CCCC(C)O)oc1=O. The molecule has 0 bridgehead atoms. The van der Waals surface area contributed by atoms with Crippen molar-refractivity contribution in [1.82, 2.24) is 0 Å². The largest absolute Gasteiger partial charge is 0.428 e. The molecule has 1 rings (SSSR count). The topological polar surface area (TPSA) is 50.4 Å². The quantitative estimate of drug-likeness (QED) is 0.796. The van der Waals surface area contributed by atoms with Crippen molar-refractivity contribution < 1.29 is 9.52 Å². The monoisotopic (exact) mass is 196 g/mol. The Morgan fingerprint density at radius 1 is 1.50 bits per heavy atom. The summed E-state index contributed by atoms with van der Waals surface area (Å²) < 4.78 is 5.05. The molecule has 1 unspecified atom stereocenters. The first kappa shape index (κ1) is 11.0. The lowest BCUT2D eigenvalue weighted by molar-refractivity contribution is 0.181. The highest BCUT2D eigenvalue weighted by Gasteiger charge is 2.01. The average Bonchev–Trinajstić information content (AvgIpc) is 2.10. The minimum Gasteiger partial charge on any atom is -0.428 e. The molecule has 0 radical (unpaired) electrons. The Kier molecular flexibility index (Phi) is 3.89. The molecule has 0 aliphatic rings. The lowest BCUT2D eigenvalue weighted by atomic mass is 10.1. The van der Waals surface area contributed by atoms with Crippen LogP contribution in [0, 0.1) is 6.92 Å². The number of rotatable bonds is 4. The van der Waals surface area contributed by atoms with Crippen molar-refractivity contribution in [2.45, 2.75) is 39.2 Å². The molecule has 0 amide bonds. The Morgan fingerprint density at radius 2 is 2.21 bits per heavy atom. The van der Waals surface area contributed by atoms with Crippen LogP contribution in [-0.2, 0) is 6.42 Å². The maximum atomic E-state index is 11.1. The van der Waals surface area contributed by atoms with Gasteiger partial charge in [-0.3, -0.25) is 0 Å². The van der Waals surface area contributed by atoms with Gasteiger partial charge in [-0.2, -0.15) is 0 Å². The smallest absolute Gasteiger partial charge is 0.338 e. The van der Waals surface area contributed by atoms with E-state index in [9.17, 15) is 4.79 Å². The summed E-state index contributed by atoms with van der Waals surface area (Å²) in [5, 5.41) is 9.04. The number of aliphatic hydroxyl groups excluding tert-OH is 1. The van der Waals surface area contributed by atoms with Crippen LogP contribution in [0.3, 0.4) is 0 Å². The Bertz CT molecular complexity index is 339. The molecule has 1 aromatic heterocycles. The standard InChI is InChI=1S/C11H16O3/c1-8-6-7-10(14-11(8)13)5-3-4-9(2)12/h6-7,9,12H,3-5H2,1-2H3. The van der Waals surface area contributed by atoms with E-state index in [2.05, 4.69) is 0 Å². The van der Waals surface area contributed by atoms with Gasteiger partial charge in [0.25, 0.3) is 0 Å². The predicted molar refractivity (Wildman–Crippen MR) is 54.3 cm³/mol. The molecular formula is C11H16O3. The zero-order valence-corrected chi connectivity index (χ0v) is 8.62. The zero-order chi connectivity index (χ0) is 10.6. The molecule has 1 aromatic rings. The first-order valence-corrected chi connectivity index (χ1v) is 4.87. The van der Waals surface area contributed by atoms with E-state index in [1.807, 2.05) is 6.07 Å². The number of aryl methyl sites for hydroxylation is 2. The second-order valence-electron chi connectivity index (χ2n) is 3.61. The summed E-state index contributed by atoms with van der Waals surface area (Å²) in [6, 6.07) is 3.59. The third-order valence-corrected chi connectivity index (χ3v) is 2.11. The molecule has 0 aliphatic carbocycles. The molecule has 3 heteroatoms. The van der Waals surface area contributed by atoms with Crippen LogP contribution in [0.4, 0.5) is 0 Å². The molecule has 1 atom stereocenters. The van der Waals surface area contributed by atoms with Crippen LogP contribution >= 0.6 is 0 Å². The van der Waals surface area contributed by atoms with Crippen LogP contribution in [0.15, 0.2) is 21.3 Å². The highest BCUT2D eigenvalue weighted by molar-refractivity contribution is 5.08. The third kappa shape index (κ3) is 3.34. The van der Waals surface area contributed by atoms with E-state index < -0.39 is 0 Å². The van der Waals surface area contributed by atoms with Gasteiger partial charge in [-0.15, -0.1) is 0 Å². The van der Waals surface area contributed by atoms with Crippen molar-refractivity contribution in [3.05, 3.63) is 33.9 Å². The molecule has 0 spiro atoms. The summed E-state index contributed by atoms with van der Waals surface area (Å²) in [4.78, 5) is 11.1. The van der Waals surface area contributed by atoms with Crippen molar-refractivity contribution in [1.29, 1.82) is 0 Å². The van der Waals surface area contributed by atoms with E-state index in [0.29, 0.717) is 17.7 Å². The summed E-state index contributed by atoms with van der Waals surface area (Å²) in [7, 11) is 0. The molecule has 1 heterocycles. The molecule has 0 aliphatic heterocycles. The van der Waals surface area contributed by atoms with Crippen LogP contribution in [0.25, 0.3) is 0 Å². The van der Waals surface area contributed by atoms with Crippen LogP contribution in [-0.4, -0.2) is 11.2 Å². The van der Waals surface area contributed by atoms with Gasteiger partial charge in [-0.05, 0) is 38.8 Å². The van der Waals surface area contributed by atoms with E-state index in [-0.39, 0.29) is 11.7 Å². The van der Waals surface area contributed by atoms with Crippen LogP contribution in [0.1, 0.15) is 31.1 Å². The number of aliphatic hydroxyl groups is 1. The Hall–Kier alpha value is -1.09. The molecule has 0 aromatic carbocycles. The number of hydrogen-bond acceptors (Lipinski definition) is 3. The van der Waals surface area contributed by atoms with Crippen LogP contribution in [0.2, 0.25) is 0 Å². The molecule has 0 fully saturated rings. The minimum absolute atomic E-state index is 0.264. The fourth-order valence-electron chi connectivity index (χ4n) is 1.23. The summed E-state index contributed by atoms with van der Waals surface area (Å²) in [6.07, 6.45) is 1.99. The molecule has 78 valence electrons. The van der Waals surface area contributed by atoms with E-state index in [0.717, 1.165) is 12.8 Å². The first-order chi connectivity index (χ1) is 6.59. The van der Waals surface area contributed by atoms with Gasteiger partial charge in [0.15, 0.2) is 0 Å². The predicted octanol–water partition coefficient (Wildman–Crippen LogP) is 1.65. The third-order valence-electron chi connectivity index (χ3n) is 2.11. The van der Waals surface area contributed by atoms with E-state index in [1.54, 1.807) is 19.9 Å². The van der Waals surface area contributed by atoms with Crippen LogP contribution < -0.4 is 5.63 Å². The number of hydrogen-bond donors (Lipinski definition) is 1. The van der Waals surface area contributed by atoms with Crippen molar-refractivity contribution in [2.24, 2.45) is 0 Å². The average molecular weight is 196 g/mol. The highest BCUT2D eigenvalue weighted by atomic mass is 16.4. The molecule has 0 saturated carbocycles. The Labute approximate surface area is 83.4 Å². The van der Waals surface area contributed by atoms with Crippen LogP contribution in [0.5, 0.6) is 0 Å². The molecular weight excluding hydrogens is 180 g/mol. The minimum atomic E-state index is -0.285. The summed E-state index contributed by atoms with van der Waals surface area (Å²) in [5.74, 6) is 0.696. The van der Waals surface area contributed by atoms with Gasteiger partial charge in [0.1, 0.15) is 5.76 Å². The second kappa shape index (κ2) is 4.96. The van der Waals surface area contributed by atoms with Gasteiger partial charge >= 0.3 is 5.63 Å². The van der Waals surface area contributed by atoms with E-state index >= 15 is 0 Å². The van der Waals surface area contributed by atoms with Gasteiger partial charge in [-0.25, -0.2) is 4.79 Å². The fraction of sp³-hybridized carbons (Fsp3) is 0.545. The molecule has 3 nitrogen and oxygen atoms in total. The molecule has 14 heavy (non-hydrogen) atoms. The van der Waals surface area contributed by atoms with Gasteiger partial charge in [0.2, 0.25) is 0 Å². The maximum absolute atomic E-state index is 11.1. The Balaban J connectivity index is 2.52. The zero-order valence-electron chi connectivity index (χ0n) is 8.62. The van der Waals surface area contributed by atoms with E-state index in [4.69, 9.17) is 9.52 Å². The fourth-order valence-corrected chi connectivity index (χ4v) is 1.23. The van der Waals surface area contributed by atoms with Crippen molar-refractivity contribution in [2.75, 3.05) is 0 Å². The van der Waals surface area contributed by atoms with Gasteiger partial charge in [0.05, 0.1) is 6.10 Å².